The fourth-order valence-corrected chi connectivity index (χ4v) is 4.06. The third kappa shape index (κ3) is 5.09. The summed E-state index contributed by atoms with van der Waals surface area (Å²) in [6, 6.07) is 17.1. The Morgan fingerprint density at radius 3 is 2.55 bits per heavy atom. The highest BCUT2D eigenvalue weighted by Crippen LogP contribution is 2.24. The van der Waals surface area contributed by atoms with E-state index in [1.165, 1.54) is 27.6 Å². The van der Waals surface area contributed by atoms with E-state index in [-0.39, 0.29) is 17.0 Å². The van der Waals surface area contributed by atoms with Gasteiger partial charge in [0.15, 0.2) is 0 Å². The maximum absolute atomic E-state index is 4.52. The van der Waals surface area contributed by atoms with Crippen molar-refractivity contribution in [2.45, 2.75) is 20.3 Å². The molecule has 0 unspecified atom stereocenters. The van der Waals surface area contributed by atoms with E-state index in [2.05, 4.69) is 82.5 Å². The monoisotopic (exact) mass is 454 g/mol. The first-order chi connectivity index (χ1) is 13.7. The van der Waals surface area contributed by atoms with E-state index < -0.39 is 0 Å². The van der Waals surface area contributed by atoms with Crippen LogP contribution in [0, 0.1) is 13.8 Å². The minimum atomic E-state index is 0. The number of aryl methyl sites for hydroxylation is 1. The minimum absolute atomic E-state index is 0. The molecule has 0 bridgehead atoms. The SMILES string of the molecule is Br.Cc1cccc(N2CCN(CCCNc3nccc4ccccc34)CC2)c1C. The molecule has 1 aliphatic rings. The van der Waals surface area contributed by atoms with Crippen LogP contribution in [0.2, 0.25) is 0 Å². The summed E-state index contributed by atoms with van der Waals surface area (Å²) in [5, 5.41) is 5.97. The number of fused-ring (bicyclic) bond motifs is 1. The predicted molar refractivity (Wildman–Crippen MR) is 130 cm³/mol. The molecule has 0 spiro atoms. The molecule has 1 aromatic heterocycles. The van der Waals surface area contributed by atoms with Crippen molar-refractivity contribution in [1.29, 1.82) is 0 Å². The summed E-state index contributed by atoms with van der Waals surface area (Å²) in [6.45, 7) is 11.0. The van der Waals surface area contributed by atoms with Crippen LogP contribution in [0.3, 0.4) is 0 Å². The van der Waals surface area contributed by atoms with Gasteiger partial charge in [0.1, 0.15) is 5.82 Å². The number of nitrogens with one attached hydrogen (secondary N) is 1. The van der Waals surface area contributed by atoms with Crippen LogP contribution in [-0.2, 0) is 0 Å². The summed E-state index contributed by atoms with van der Waals surface area (Å²) in [4.78, 5) is 9.64. The fraction of sp³-hybridized carbons (Fsp3) is 0.375. The molecule has 3 aromatic rings. The maximum Gasteiger partial charge on any atom is 0.133 e. The van der Waals surface area contributed by atoms with Crippen molar-refractivity contribution < 1.29 is 0 Å². The van der Waals surface area contributed by atoms with Crippen LogP contribution < -0.4 is 10.2 Å². The number of piperazine rings is 1. The summed E-state index contributed by atoms with van der Waals surface area (Å²) < 4.78 is 0. The van der Waals surface area contributed by atoms with Gasteiger partial charge in [-0.25, -0.2) is 4.98 Å². The van der Waals surface area contributed by atoms with Gasteiger partial charge in [-0.3, -0.25) is 4.90 Å². The van der Waals surface area contributed by atoms with E-state index >= 15 is 0 Å². The van der Waals surface area contributed by atoms with Crippen LogP contribution in [-0.4, -0.2) is 49.2 Å². The summed E-state index contributed by atoms with van der Waals surface area (Å²) in [7, 11) is 0. The first kappa shape index (κ1) is 21.6. The van der Waals surface area contributed by atoms with Gasteiger partial charge in [0, 0.05) is 50.0 Å². The summed E-state index contributed by atoms with van der Waals surface area (Å²) in [5.41, 5.74) is 4.21. The Labute approximate surface area is 184 Å². The third-order valence-electron chi connectivity index (χ3n) is 5.91. The van der Waals surface area contributed by atoms with Gasteiger partial charge in [0.25, 0.3) is 0 Å². The molecule has 0 atom stereocenters. The lowest BCUT2D eigenvalue weighted by atomic mass is 10.1. The topological polar surface area (TPSA) is 31.4 Å². The highest BCUT2D eigenvalue weighted by atomic mass is 79.9. The molecule has 1 N–H and O–H groups in total. The Kier molecular flexibility index (Phi) is 7.51. The van der Waals surface area contributed by atoms with Crippen molar-refractivity contribution in [3.63, 3.8) is 0 Å². The van der Waals surface area contributed by atoms with Gasteiger partial charge in [-0.15, -0.1) is 17.0 Å². The Morgan fingerprint density at radius 1 is 0.931 bits per heavy atom. The molecule has 29 heavy (non-hydrogen) atoms. The number of hydrogen-bond donors (Lipinski definition) is 1. The van der Waals surface area contributed by atoms with E-state index in [0.29, 0.717) is 0 Å². The van der Waals surface area contributed by atoms with Gasteiger partial charge in [-0.05, 0) is 55.5 Å². The van der Waals surface area contributed by atoms with Gasteiger partial charge in [-0.2, -0.15) is 0 Å². The first-order valence-corrected chi connectivity index (χ1v) is 10.3. The molecule has 154 valence electrons. The van der Waals surface area contributed by atoms with Crippen molar-refractivity contribution in [3.8, 4) is 0 Å². The van der Waals surface area contributed by atoms with E-state index in [1.54, 1.807) is 0 Å². The molecule has 5 heteroatoms. The molecule has 1 saturated heterocycles. The summed E-state index contributed by atoms with van der Waals surface area (Å²) in [6.07, 6.45) is 3.02. The highest BCUT2D eigenvalue weighted by molar-refractivity contribution is 8.93. The lowest BCUT2D eigenvalue weighted by Gasteiger charge is -2.37. The predicted octanol–water partition coefficient (Wildman–Crippen LogP) is 5.05. The van der Waals surface area contributed by atoms with E-state index in [1.807, 2.05) is 6.20 Å². The average Bonchev–Trinajstić information content (AvgIpc) is 2.74. The molecule has 0 amide bonds. The van der Waals surface area contributed by atoms with Crippen molar-refractivity contribution >= 4 is 39.3 Å². The molecular weight excluding hydrogens is 424 g/mol. The van der Waals surface area contributed by atoms with Crippen LogP contribution in [0.1, 0.15) is 17.5 Å². The summed E-state index contributed by atoms with van der Waals surface area (Å²) in [5.74, 6) is 0.998. The van der Waals surface area contributed by atoms with Crippen molar-refractivity contribution in [2.24, 2.45) is 0 Å². The number of nitrogens with zero attached hydrogens (tertiary/aromatic N) is 3. The normalized spacial score (nSPS) is 14.6. The van der Waals surface area contributed by atoms with Gasteiger partial charge in [0.05, 0.1) is 0 Å². The lowest BCUT2D eigenvalue weighted by molar-refractivity contribution is 0.257. The second kappa shape index (κ2) is 10.1. The second-order valence-electron chi connectivity index (χ2n) is 7.71. The Hall–Kier alpha value is -2.11. The zero-order valence-electron chi connectivity index (χ0n) is 17.4. The number of halogens is 1. The molecule has 0 aliphatic carbocycles. The Bertz CT molecular complexity index is 930. The fourth-order valence-electron chi connectivity index (χ4n) is 4.06. The van der Waals surface area contributed by atoms with Crippen molar-refractivity contribution in [2.75, 3.05) is 49.5 Å². The molecule has 2 aromatic carbocycles. The Morgan fingerprint density at radius 2 is 1.72 bits per heavy atom. The number of rotatable bonds is 6. The van der Waals surface area contributed by atoms with E-state index in [4.69, 9.17) is 0 Å². The maximum atomic E-state index is 4.52. The van der Waals surface area contributed by atoms with Crippen molar-refractivity contribution in [1.82, 2.24) is 9.88 Å². The second-order valence-corrected chi connectivity index (χ2v) is 7.71. The highest BCUT2D eigenvalue weighted by Gasteiger charge is 2.18. The number of aromatic nitrogens is 1. The molecule has 1 fully saturated rings. The van der Waals surface area contributed by atoms with Crippen LogP contribution in [0.15, 0.2) is 54.7 Å². The number of benzene rings is 2. The van der Waals surface area contributed by atoms with Crippen LogP contribution in [0.5, 0.6) is 0 Å². The molecule has 1 aliphatic heterocycles. The Balaban J connectivity index is 0.00000240. The smallest absolute Gasteiger partial charge is 0.133 e. The van der Waals surface area contributed by atoms with Gasteiger partial charge >= 0.3 is 0 Å². The lowest BCUT2D eigenvalue weighted by Crippen LogP contribution is -2.47. The molecule has 2 heterocycles. The molecule has 0 radical (unpaired) electrons. The number of hydrogen-bond acceptors (Lipinski definition) is 4. The molecule has 0 saturated carbocycles. The van der Waals surface area contributed by atoms with Crippen LogP contribution >= 0.6 is 17.0 Å². The van der Waals surface area contributed by atoms with Crippen LogP contribution in [0.4, 0.5) is 11.5 Å². The zero-order chi connectivity index (χ0) is 19.3. The third-order valence-corrected chi connectivity index (χ3v) is 5.91. The first-order valence-electron chi connectivity index (χ1n) is 10.3. The minimum Gasteiger partial charge on any atom is -0.370 e. The van der Waals surface area contributed by atoms with Crippen LogP contribution in [0.25, 0.3) is 10.8 Å². The molecular formula is C24H31BrN4. The molecule has 4 rings (SSSR count). The van der Waals surface area contributed by atoms with Gasteiger partial charge in [0.2, 0.25) is 0 Å². The van der Waals surface area contributed by atoms with E-state index in [9.17, 15) is 0 Å². The van der Waals surface area contributed by atoms with Gasteiger partial charge in [-0.1, -0.05) is 36.4 Å². The van der Waals surface area contributed by atoms with Gasteiger partial charge < -0.3 is 10.2 Å². The number of pyridine rings is 1. The average molecular weight is 455 g/mol. The number of anilines is 2. The quantitative estimate of drug-likeness (QED) is 0.527. The zero-order valence-corrected chi connectivity index (χ0v) is 19.1. The standard InChI is InChI=1S/C24H30N4.BrH/c1-19-7-5-10-23(20(19)2)28-17-15-27(16-18-28)14-6-12-25-24-22-9-4-3-8-21(22)11-13-26-24;/h3-5,7-11,13H,6,12,14-18H2,1-2H3,(H,25,26);1H. The van der Waals surface area contributed by atoms with Crippen molar-refractivity contribution in [3.05, 3.63) is 65.9 Å². The largest absolute Gasteiger partial charge is 0.370 e. The van der Waals surface area contributed by atoms with E-state index in [0.717, 1.165) is 51.5 Å². The molecule has 4 nitrogen and oxygen atoms in total. The summed E-state index contributed by atoms with van der Waals surface area (Å²) >= 11 is 0.